The number of Topliss-reactive ketones (excluding diaryl/α,β-unsaturated/α-hetero) is 1. The fraction of sp³-hybridized carbons (Fsp3) is 0.176. The van der Waals surface area contributed by atoms with E-state index < -0.39 is 12.6 Å². The number of ether oxygens (including phenoxy) is 3. The van der Waals surface area contributed by atoms with Crippen LogP contribution in [0.5, 0.6) is 17.2 Å². The highest BCUT2D eigenvalue weighted by atomic mass is 16.5. The summed E-state index contributed by atoms with van der Waals surface area (Å²) in [6.07, 6.45) is 0. The van der Waals surface area contributed by atoms with Crippen molar-refractivity contribution in [2.24, 2.45) is 0 Å². The van der Waals surface area contributed by atoms with Gasteiger partial charge in [0.05, 0.1) is 14.2 Å². The summed E-state index contributed by atoms with van der Waals surface area (Å²) < 4.78 is 15.0. The molecule has 120 valence electrons. The lowest BCUT2D eigenvalue weighted by atomic mass is 10.1. The van der Waals surface area contributed by atoms with E-state index in [0.717, 1.165) is 0 Å². The first-order valence-corrected chi connectivity index (χ1v) is 6.76. The first-order chi connectivity index (χ1) is 11.0. The number of hydrogen-bond acceptors (Lipinski definition) is 6. The van der Waals surface area contributed by atoms with Crippen LogP contribution in [0.1, 0.15) is 20.7 Å². The van der Waals surface area contributed by atoms with Crippen molar-refractivity contribution in [3.63, 3.8) is 0 Å². The number of benzene rings is 2. The summed E-state index contributed by atoms with van der Waals surface area (Å²) in [6, 6.07) is 10.7. The molecule has 0 unspecified atom stereocenters. The molecule has 6 nitrogen and oxygen atoms in total. The van der Waals surface area contributed by atoms with E-state index in [1.807, 2.05) is 0 Å². The van der Waals surface area contributed by atoms with Gasteiger partial charge >= 0.3 is 5.97 Å². The van der Waals surface area contributed by atoms with Crippen molar-refractivity contribution in [2.45, 2.75) is 0 Å². The predicted molar refractivity (Wildman–Crippen MR) is 82.3 cm³/mol. The molecular weight excluding hydrogens is 300 g/mol. The van der Waals surface area contributed by atoms with Crippen molar-refractivity contribution in [3.8, 4) is 17.2 Å². The van der Waals surface area contributed by atoms with Gasteiger partial charge in [0, 0.05) is 5.56 Å². The van der Waals surface area contributed by atoms with Gasteiger partial charge in [-0.1, -0.05) is 12.1 Å². The fourth-order valence-electron chi connectivity index (χ4n) is 1.89. The van der Waals surface area contributed by atoms with Gasteiger partial charge in [0.15, 0.2) is 12.4 Å². The lowest BCUT2D eigenvalue weighted by Crippen LogP contribution is -2.14. The van der Waals surface area contributed by atoms with Crippen LogP contribution >= 0.6 is 0 Å². The second-order valence-corrected chi connectivity index (χ2v) is 4.61. The summed E-state index contributed by atoms with van der Waals surface area (Å²) in [7, 11) is 2.93. The van der Waals surface area contributed by atoms with Crippen LogP contribution < -0.4 is 9.47 Å². The van der Waals surface area contributed by atoms with Gasteiger partial charge in [-0.25, -0.2) is 4.79 Å². The average molecular weight is 316 g/mol. The minimum Gasteiger partial charge on any atom is -0.507 e. The summed E-state index contributed by atoms with van der Waals surface area (Å²) in [6.45, 7) is -0.442. The number of esters is 1. The van der Waals surface area contributed by atoms with Crippen LogP contribution in [0.15, 0.2) is 42.5 Å². The maximum atomic E-state index is 12.0. The number of carbonyl (C=O) groups is 2. The molecular formula is C17H16O6. The summed E-state index contributed by atoms with van der Waals surface area (Å²) in [5.74, 6) is -0.497. The Bertz CT molecular complexity index is 723. The zero-order valence-electron chi connectivity index (χ0n) is 12.7. The van der Waals surface area contributed by atoms with Crippen LogP contribution in [0, 0.1) is 0 Å². The van der Waals surface area contributed by atoms with Crippen molar-refractivity contribution in [3.05, 3.63) is 53.6 Å². The highest BCUT2D eigenvalue weighted by Crippen LogP contribution is 2.23. The normalized spacial score (nSPS) is 10.0. The fourth-order valence-corrected chi connectivity index (χ4v) is 1.89. The van der Waals surface area contributed by atoms with E-state index in [2.05, 4.69) is 0 Å². The third-order valence-electron chi connectivity index (χ3n) is 3.15. The Morgan fingerprint density at radius 3 is 2.39 bits per heavy atom. The second-order valence-electron chi connectivity index (χ2n) is 4.61. The minimum atomic E-state index is -0.808. The Kier molecular flexibility index (Phi) is 5.19. The summed E-state index contributed by atoms with van der Waals surface area (Å²) in [5.41, 5.74) is 0.301. The van der Waals surface area contributed by atoms with E-state index in [-0.39, 0.29) is 17.1 Å². The molecule has 2 aromatic carbocycles. The molecule has 0 radical (unpaired) electrons. The largest absolute Gasteiger partial charge is 0.507 e. The monoisotopic (exact) mass is 316 g/mol. The number of phenolic OH excluding ortho intramolecular Hbond substituents is 1. The van der Waals surface area contributed by atoms with Crippen LogP contribution in [-0.2, 0) is 4.74 Å². The van der Waals surface area contributed by atoms with E-state index in [4.69, 9.17) is 14.2 Å². The third-order valence-corrected chi connectivity index (χ3v) is 3.15. The number of hydrogen-bond donors (Lipinski definition) is 1. The zero-order valence-corrected chi connectivity index (χ0v) is 12.7. The second kappa shape index (κ2) is 7.31. The van der Waals surface area contributed by atoms with E-state index in [1.54, 1.807) is 24.3 Å². The molecule has 1 N–H and O–H groups in total. The lowest BCUT2D eigenvalue weighted by Gasteiger charge is -2.08. The van der Waals surface area contributed by atoms with Crippen LogP contribution in [0.3, 0.4) is 0 Å². The molecule has 6 heteroatoms. The van der Waals surface area contributed by atoms with Crippen LogP contribution in [0.2, 0.25) is 0 Å². The summed E-state index contributed by atoms with van der Waals surface area (Å²) in [4.78, 5) is 24.0. The molecule has 0 heterocycles. The van der Waals surface area contributed by atoms with Crippen LogP contribution in [0.25, 0.3) is 0 Å². The summed E-state index contributed by atoms with van der Waals surface area (Å²) in [5, 5.41) is 9.69. The van der Waals surface area contributed by atoms with Gasteiger partial charge < -0.3 is 19.3 Å². The molecule has 0 aliphatic heterocycles. The van der Waals surface area contributed by atoms with Gasteiger partial charge in [-0.15, -0.1) is 0 Å². The highest BCUT2D eigenvalue weighted by molar-refractivity contribution is 6.00. The molecule has 0 aliphatic carbocycles. The molecule has 2 rings (SSSR count). The number of carbonyl (C=O) groups excluding carboxylic acids is 2. The maximum absolute atomic E-state index is 12.0. The Hall–Kier alpha value is -3.02. The van der Waals surface area contributed by atoms with E-state index in [0.29, 0.717) is 17.1 Å². The Morgan fingerprint density at radius 2 is 1.70 bits per heavy atom. The molecule has 0 saturated heterocycles. The topological polar surface area (TPSA) is 82.1 Å². The predicted octanol–water partition coefficient (Wildman–Crippen LogP) is 2.45. The van der Waals surface area contributed by atoms with Gasteiger partial charge in [-0.3, -0.25) is 4.79 Å². The van der Waals surface area contributed by atoms with Crippen molar-refractivity contribution < 1.29 is 28.9 Å². The molecule has 0 bridgehead atoms. The average Bonchev–Trinajstić information content (AvgIpc) is 2.59. The lowest BCUT2D eigenvalue weighted by molar-refractivity contribution is 0.0471. The quantitative estimate of drug-likeness (QED) is 0.651. The highest BCUT2D eigenvalue weighted by Gasteiger charge is 2.16. The van der Waals surface area contributed by atoms with Crippen molar-refractivity contribution >= 4 is 11.8 Å². The molecule has 0 saturated carbocycles. The number of phenols is 1. The Labute approximate surface area is 133 Å². The number of aromatic hydroxyl groups is 1. The van der Waals surface area contributed by atoms with E-state index in [1.165, 1.54) is 32.4 Å². The van der Waals surface area contributed by atoms with Crippen LogP contribution in [-0.4, -0.2) is 37.7 Å². The Balaban J connectivity index is 2.05. The summed E-state index contributed by atoms with van der Waals surface area (Å²) >= 11 is 0. The first-order valence-electron chi connectivity index (χ1n) is 6.76. The molecule has 23 heavy (non-hydrogen) atoms. The zero-order chi connectivity index (χ0) is 16.8. The molecule has 0 amide bonds. The number of rotatable bonds is 6. The smallest absolute Gasteiger partial charge is 0.342 e. The molecule has 0 spiro atoms. The van der Waals surface area contributed by atoms with Gasteiger partial charge in [0.2, 0.25) is 0 Å². The number of methoxy groups -OCH3 is 2. The van der Waals surface area contributed by atoms with Crippen molar-refractivity contribution in [2.75, 3.05) is 20.8 Å². The molecule has 0 aliphatic rings. The minimum absolute atomic E-state index is 0.0669. The standard InChI is InChI=1S/C17H16O6/c1-21-12-5-3-4-11(8-12)16(19)10-23-17(20)14-9-13(22-2)6-7-15(14)18/h3-9,18H,10H2,1-2H3. The van der Waals surface area contributed by atoms with E-state index >= 15 is 0 Å². The SMILES string of the molecule is COc1cccc(C(=O)COC(=O)c2cc(OC)ccc2O)c1. The number of ketones is 1. The maximum Gasteiger partial charge on any atom is 0.342 e. The first kappa shape index (κ1) is 16.4. The van der Waals surface area contributed by atoms with E-state index in [9.17, 15) is 14.7 Å². The molecule has 0 atom stereocenters. The molecule has 0 aromatic heterocycles. The van der Waals surface area contributed by atoms with Crippen molar-refractivity contribution in [1.82, 2.24) is 0 Å². The molecule has 0 fully saturated rings. The van der Waals surface area contributed by atoms with Gasteiger partial charge in [-0.2, -0.15) is 0 Å². The molecule has 2 aromatic rings. The van der Waals surface area contributed by atoms with Crippen molar-refractivity contribution in [1.29, 1.82) is 0 Å². The van der Waals surface area contributed by atoms with Crippen LogP contribution in [0.4, 0.5) is 0 Å². The third kappa shape index (κ3) is 4.00. The van der Waals surface area contributed by atoms with Gasteiger partial charge in [0.25, 0.3) is 0 Å². The Morgan fingerprint density at radius 1 is 1.00 bits per heavy atom. The van der Waals surface area contributed by atoms with Gasteiger partial charge in [0.1, 0.15) is 22.8 Å². The van der Waals surface area contributed by atoms with Gasteiger partial charge in [-0.05, 0) is 30.3 Å².